The molecular weight excluding hydrogens is 285 g/mol. The Labute approximate surface area is 129 Å². The Bertz CT molecular complexity index is 509. The van der Waals surface area contributed by atoms with Crippen molar-refractivity contribution in [3.8, 4) is 0 Å². The topological polar surface area (TPSA) is 54.5 Å². The van der Waals surface area contributed by atoms with Gasteiger partial charge >= 0.3 is 6.03 Å². The molecule has 2 heterocycles. The summed E-state index contributed by atoms with van der Waals surface area (Å²) in [7, 11) is 0. The Balaban J connectivity index is 1.54. The first-order chi connectivity index (χ1) is 10.7. The van der Waals surface area contributed by atoms with E-state index in [4.69, 9.17) is 4.74 Å². The zero-order valence-electron chi connectivity index (χ0n) is 12.7. The van der Waals surface area contributed by atoms with Crippen LogP contribution in [0.4, 0.5) is 9.18 Å². The van der Waals surface area contributed by atoms with Crippen LogP contribution >= 0.6 is 0 Å². The van der Waals surface area contributed by atoms with Gasteiger partial charge in [0.1, 0.15) is 5.82 Å². The number of aromatic nitrogens is 1. The molecule has 0 unspecified atom stereocenters. The van der Waals surface area contributed by atoms with Crippen LogP contribution in [0.15, 0.2) is 18.3 Å². The second-order valence-electron chi connectivity index (χ2n) is 6.14. The first-order valence-corrected chi connectivity index (χ1v) is 7.94. The average Bonchev–Trinajstić information content (AvgIpc) is 2.55. The molecule has 1 spiro atoms. The molecule has 1 saturated heterocycles. The van der Waals surface area contributed by atoms with Crippen LogP contribution in [0.2, 0.25) is 0 Å². The number of rotatable bonds is 2. The van der Waals surface area contributed by atoms with E-state index in [-0.39, 0.29) is 17.4 Å². The molecule has 1 N–H and O–H groups in total. The van der Waals surface area contributed by atoms with Crippen LogP contribution in [0.3, 0.4) is 0 Å². The molecule has 0 bridgehead atoms. The number of nitrogens with zero attached hydrogens (tertiary/aromatic N) is 2. The highest BCUT2D eigenvalue weighted by molar-refractivity contribution is 5.74. The van der Waals surface area contributed by atoms with Crippen LogP contribution in [-0.4, -0.2) is 41.2 Å². The number of halogens is 1. The Morgan fingerprint density at radius 2 is 2.18 bits per heavy atom. The normalized spacial score (nSPS) is 20.9. The van der Waals surface area contributed by atoms with E-state index in [9.17, 15) is 9.18 Å². The van der Waals surface area contributed by atoms with Crippen molar-refractivity contribution in [1.29, 1.82) is 0 Å². The Morgan fingerprint density at radius 1 is 1.36 bits per heavy atom. The minimum Gasteiger partial charge on any atom is -0.371 e. The standard InChI is InChI=1S/C16H22FN3O2/c17-13-4-5-14(18-10-13)11-19-15(21)20-8-9-22-16(12-20)6-2-1-3-7-16/h4-5,10H,1-3,6-9,11-12H2,(H,19,21). The van der Waals surface area contributed by atoms with E-state index in [1.165, 1.54) is 25.3 Å². The summed E-state index contributed by atoms with van der Waals surface area (Å²) in [5.41, 5.74) is 0.512. The van der Waals surface area contributed by atoms with Gasteiger partial charge in [-0.25, -0.2) is 9.18 Å². The molecule has 1 aliphatic heterocycles. The third kappa shape index (κ3) is 3.55. The third-order valence-corrected chi connectivity index (χ3v) is 4.51. The summed E-state index contributed by atoms with van der Waals surface area (Å²) in [6, 6.07) is 2.83. The molecule has 6 heteroatoms. The van der Waals surface area contributed by atoms with Gasteiger partial charge in [-0.05, 0) is 25.0 Å². The third-order valence-electron chi connectivity index (χ3n) is 4.51. The second-order valence-corrected chi connectivity index (χ2v) is 6.14. The quantitative estimate of drug-likeness (QED) is 0.913. The largest absolute Gasteiger partial charge is 0.371 e. The Morgan fingerprint density at radius 3 is 2.91 bits per heavy atom. The van der Waals surface area contributed by atoms with E-state index in [1.807, 2.05) is 4.90 Å². The fourth-order valence-electron chi connectivity index (χ4n) is 3.31. The molecule has 120 valence electrons. The fraction of sp³-hybridized carbons (Fsp3) is 0.625. The van der Waals surface area contributed by atoms with Crippen molar-refractivity contribution >= 4 is 6.03 Å². The number of hydrogen-bond acceptors (Lipinski definition) is 3. The number of pyridine rings is 1. The molecule has 2 amide bonds. The maximum Gasteiger partial charge on any atom is 0.317 e. The monoisotopic (exact) mass is 307 g/mol. The molecule has 0 atom stereocenters. The molecule has 2 aliphatic rings. The van der Waals surface area contributed by atoms with E-state index in [0.717, 1.165) is 19.0 Å². The number of carbonyl (C=O) groups is 1. The lowest BCUT2D eigenvalue weighted by Gasteiger charge is -2.44. The zero-order valence-corrected chi connectivity index (χ0v) is 12.7. The van der Waals surface area contributed by atoms with Crippen molar-refractivity contribution < 1.29 is 13.9 Å². The summed E-state index contributed by atoms with van der Waals surface area (Å²) in [6.45, 7) is 2.19. The summed E-state index contributed by atoms with van der Waals surface area (Å²) in [5.74, 6) is -0.373. The van der Waals surface area contributed by atoms with E-state index in [0.29, 0.717) is 31.9 Å². The number of ether oxygens (including phenoxy) is 1. The highest BCUT2D eigenvalue weighted by Gasteiger charge is 2.39. The number of nitrogens with one attached hydrogen (secondary N) is 1. The maximum absolute atomic E-state index is 12.8. The van der Waals surface area contributed by atoms with E-state index < -0.39 is 0 Å². The van der Waals surface area contributed by atoms with Gasteiger partial charge in [0.15, 0.2) is 0 Å². The molecule has 1 saturated carbocycles. The van der Waals surface area contributed by atoms with Gasteiger partial charge in [0, 0.05) is 6.54 Å². The van der Waals surface area contributed by atoms with Gasteiger partial charge in [0.05, 0.1) is 37.2 Å². The summed E-state index contributed by atoms with van der Waals surface area (Å²) >= 11 is 0. The first-order valence-electron chi connectivity index (χ1n) is 7.94. The Hall–Kier alpha value is -1.69. The van der Waals surface area contributed by atoms with Gasteiger partial charge in [-0.15, -0.1) is 0 Å². The number of carbonyl (C=O) groups excluding carboxylic acids is 1. The fourth-order valence-corrected chi connectivity index (χ4v) is 3.31. The maximum atomic E-state index is 12.8. The van der Waals surface area contributed by atoms with Crippen molar-refractivity contribution in [3.05, 3.63) is 29.8 Å². The molecule has 1 aromatic rings. The Kier molecular flexibility index (Phi) is 4.57. The molecule has 1 aliphatic carbocycles. The van der Waals surface area contributed by atoms with Gasteiger partial charge in [-0.2, -0.15) is 0 Å². The highest BCUT2D eigenvalue weighted by atomic mass is 19.1. The summed E-state index contributed by atoms with van der Waals surface area (Å²) in [4.78, 5) is 18.1. The molecule has 0 aromatic carbocycles. The number of hydrogen-bond donors (Lipinski definition) is 1. The lowest BCUT2D eigenvalue weighted by atomic mass is 9.83. The van der Waals surface area contributed by atoms with Crippen molar-refractivity contribution in [1.82, 2.24) is 15.2 Å². The van der Waals surface area contributed by atoms with Crippen molar-refractivity contribution in [2.45, 2.75) is 44.2 Å². The van der Waals surface area contributed by atoms with E-state index in [1.54, 1.807) is 6.07 Å². The predicted molar refractivity (Wildman–Crippen MR) is 79.8 cm³/mol. The smallest absolute Gasteiger partial charge is 0.317 e. The van der Waals surface area contributed by atoms with Crippen LogP contribution in [-0.2, 0) is 11.3 Å². The lowest BCUT2D eigenvalue weighted by Crippen LogP contribution is -2.56. The molecule has 22 heavy (non-hydrogen) atoms. The van der Waals surface area contributed by atoms with Crippen LogP contribution in [0.25, 0.3) is 0 Å². The van der Waals surface area contributed by atoms with Crippen LogP contribution in [0.1, 0.15) is 37.8 Å². The predicted octanol–water partition coefficient (Wildman–Crippen LogP) is 2.47. The van der Waals surface area contributed by atoms with Crippen LogP contribution in [0, 0.1) is 5.82 Å². The van der Waals surface area contributed by atoms with Gasteiger partial charge in [-0.1, -0.05) is 19.3 Å². The summed E-state index contributed by atoms with van der Waals surface area (Å²) in [5, 5.41) is 2.86. The van der Waals surface area contributed by atoms with Gasteiger partial charge in [0.25, 0.3) is 0 Å². The van der Waals surface area contributed by atoms with Crippen molar-refractivity contribution in [3.63, 3.8) is 0 Å². The van der Waals surface area contributed by atoms with Crippen molar-refractivity contribution in [2.75, 3.05) is 19.7 Å². The molecule has 3 rings (SSSR count). The molecule has 2 fully saturated rings. The molecular formula is C16H22FN3O2. The lowest BCUT2D eigenvalue weighted by molar-refractivity contribution is -0.116. The number of amides is 2. The van der Waals surface area contributed by atoms with Crippen molar-refractivity contribution in [2.24, 2.45) is 0 Å². The van der Waals surface area contributed by atoms with Gasteiger partial charge < -0.3 is 15.0 Å². The summed E-state index contributed by atoms with van der Waals surface area (Å²) in [6.07, 6.45) is 6.84. The molecule has 0 radical (unpaired) electrons. The average molecular weight is 307 g/mol. The minimum atomic E-state index is -0.373. The minimum absolute atomic E-state index is 0.0978. The second kappa shape index (κ2) is 6.60. The van der Waals surface area contributed by atoms with Crippen LogP contribution < -0.4 is 5.32 Å². The number of urea groups is 1. The van der Waals surface area contributed by atoms with E-state index >= 15 is 0 Å². The molecule has 1 aromatic heterocycles. The first kappa shape index (κ1) is 15.2. The van der Waals surface area contributed by atoms with Crippen LogP contribution in [0.5, 0.6) is 0 Å². The molecule has 5 nitrogen and oxygen atoms in total. The summed E-state index contributed by atoms with van der Waals surface area (Å²) < 4.78 is 18.8. The zero-order chi connectivity index (χ0) is 15.4. The number of morpholine rings is 1. The van der Waals surface area contributed by atoms with Gasteiger partial charge in [0.2, 0.25) is 0 Å². The highest BCUT2D eigenvalue weighted by Crippen LogP contribution is 2.34. The van der Waals surface area contributed by atoms with E-state index in [2.05, 4.69) is 10.3 Å². The van der Waals surface area contributed by atoms with Gasteiger partial charge in [-0.3, -0.25) is 4.98 Å². The SMILES string of the molecule is O=C(NCc1ccc(F)cn1)N1CCOC2(CCCCC2)C1.